The van der Waals surface area contributed by atoms with Gasteiger partial charge in [-0.15, -0.1) is 0 Å². The van der Waals surface area contributed by atoms with Gasteiger partial charge in [-0.25, -0.2) is 4.98 Å². The highest BCUT2D eigenvalue weighted by Crippen LogP contribution is 2.20. The van der Waals surface area contributed by atoms with E-state index in [1.165, 1.54) is 24.6 Å². The van der Waals surface area contributed by atoms with Crippen LogP contribution in [0, 0.1) is 0 Å². The summed E-state index contributed by atoms with van der Waals surface area (Å²) >= 11 is 0. The predicted molar refractivity (Wildman–Crippen MR) is 75.1 cm³/mol. The lowest BCUT2D eigenvalue weighted by Gasteiger charge is -2.15. The van der Waals surface area contributed by atoms with Crippen LogP contribution in [0.3, 0.4) is 0 Å². The van der Waals surface area contributed by atoms with Crippen molar-refractivity contribution in [3.8, 4) is 5.88 Å². The minimum atomic E-state index is -4.50. The molecular formula is C15H15F3N2O3. The van der Waals surface area contributed by atoms with Gasteiger partial charge in [0.15, 0.2) is 6.61 Å². The van der Waals surface area contributed by atoms with E-state index in [0.717, 1.165) is 0 Å². The third-order valence-electron chi connectivity index (χ3n) is 2.85. The third-order valence-corrected chi connectivity index (χ3v) is 2.85. The number of ether oxygens (including phenoxy) is 1. The molecule has 5 nitrogen and oxygen atoms in total. The molecule has 0 aromatic carbocycles. The Morgan fingerprint density at radius 3 is 2.83 bits per heavy atom. The number of alkyl halides is 3. The molecule has 1 N–H and O–H groups in total. The Bertz CT molecular complexity index is 642. The number of nitrogens with zero attached hydrogens (tertiary/aromatic N) is 1. The molecule has 8 heteroatoms. The van der Waals surface area contributed by atoms with Crippen LogP contribution in [0.25, 0.3) is 0 Å². The lowest BCUT2D eigenvalue weighted by molar-refractivity contribution is -0.154. The molecule has 0 saturated heterocycles. The number of carbonyl (C=O) groups is 1. The molecule has 0 aliphatic heterocycles. The summed E-state index contributed by atoms with van der Waals surface area (Å²) in [4.78, 5) is 15.9. The minimum Gasteiger partial charge on any atom is -0.469 e. The molecule has 0 saturated carbocycles. The molecule has 0 radical (unpaired) electrons. The summed E-state index contributed by atoms with van der Waals surface area (Å²) in [5.74, 6) is -0.223. The molecule has 0 fully saturated rings. The fourth-order valence-electron chi connectivity index (χ4n) is 1.91. The van der Waals surface area contributed by atoms with Gasteiger partial charge < -0.3 is 14.5 Å². The molecule has 0 aliphatic rings. The lowest BCUT2D eigenvalue weighted by Crippen LogP contribution is -2.34. The van der Waals surface area contributed by atoms with Crippen LogP contribution in [0.15, 0.2) is 41.1 Å². The van der Waals surface area contributed by atoms with Crippen LogP contribution in [0.5, 0.6) is 5.88 Å². The van der Waals surface area contributed by atoms with Crippen molar-refractivity contribution in [1.82, 2.24) is 10.3 Å². The van der Waals surface area contributed by atoms with Gasteiger partial charge in [0.05, 0.1) is 6.26 Å². The highest BCUT2D eigenvalue weighted by molar-refractivity contribution is 5.96. The number of rotatable bonds is 6. The van der Waals surface area contributed by atoms with Gasteiger partial charge in [0.2, 0.25) is 5.88 Å². The van der Waals surface area contributed by atoms with Crippen molar-refractivity contribution in [3.63, 3.8) is 0 Å². The Labute approximate surface area is 130 Å². The van der Waals surface area contributed by atoms with Crippen LogP contribution in [0.1, 0.15) is 23.0 Å². The highest BCUT2D eigenvalue weighted by atomic mass is 19.4. The molecule has 2 aromatic heterocycles. The van der Waals surface area contributed by atoms with Gasteiger partial charge in [0, 0.05) is 18.7 Å². The second kappa shape index (κ2) is 7.17. The van der Waals surface area contributed by atoms with Gasteiger partial charge in [-0.3, -0.25) is 4.79 Å². The van der Waals surface area contributed by atoms with Crippen LogP contribution < -0.4 is 10.1 Å². The van der Waals surface area contributed by atoms with Gasteiger partial charge in [-0.05, 0) is 31.2 Å². The number of carbonyl (C=O) groups excluding carboxylic acids is 1. The topological polar surface area (TPSA) is 64.4 Å². The van der Waals surface area contributed by atoms with Gasteiger partial charge in [0.25, 0.3) is 5.91 Å². The first-order valence-corrected chi connectivity index (χ1v) is 6.83. The molecule has 0 aliphatic carbocycles. The summed E-state index contributed by atoms with van der Waals surface area (Å²) in [5.41, 5.74) is -0.0527. The zero-order valence-electron chi connectivity index (χ0n) is 12.3. The number of halogens is 3. The van der Waals surface area contributed by atoms with Crippen molar-refractivity contribution in [1.29, 1.82) is 0 Å². The molecule has 2 heterocycles. The van der Waals surface area contributed by atoms with Gasteiger partial charge >= 0.3 is 6.18 Å². The molecule has 2 aromatic rings. The summed E-state index contributed by atoms with van der Waals surface area (Å²) in [6.07, 6.45) is -1.27. The normalized spacial score (nSPS) is 12.7. The Balaban J connectivity index is 2.01. The number of nitrogens with one attached hydrogen (secondary N) is 1. The minimum absolute atomic E-state index is 0.0527. The van der Waals surface area contributed by atoms with E-state index in [-0.39, 0.29) is 17.5 Å². The highest BCUT2D eigenvalue weighted by Gasteiger charge is 2.29. The quantitative estimate of drug-likeness (QED) is 0.885. The van der Waals surface area contributed by atoms with Gasteiger partial charge in [-0.2, -0.15) is 13.2 Å². The molecular weight excluding hydrogens is 313 g/mol. The van der Waals surface area contributed by atoms with Crippen molar-refractivity contribution in [2.24, 2.45) is 0 Å². The van der Waals surface area contributed by atoms with Crippen molar-refractivity contribution in [2.75, 3.05) is 6.61 Å². The number of hydrogen-bond acceptors (Lipinski definition) is 4. The average molecular weight is 328 g/mol. The fourth-order valence-corrected chi connectivity index (χ4v) is 1.91. The van der Waals surface area contributed by atoms with E-state index >= 15 is 0 Å². The van der Waals surface area contributed by atoms with E-state index in [1.54, 1.807) is 19.1 Å². The second-order valence-electron chi connectivity index (χ2n) is 4.92. The molecule has 1 atom stereocenters. The molecule has 0 bridgehead atoms. The molecule has 2 rings (SSSR count). The summed E-state index contributed by atoms with van der Waals surface area (Å²) in [7, 11) is 0. The fraction of sp³-hybridized carbons (Fsp3) is 0.333. The Hall–Kier alpha value is -2.51. The number of amides is 1. The maximum atomic E-state index is 12.2. The monoisotopic (exact) mass is 328 g/mol. The van der Waals surface area contributed by atoms with Crippen LogP contribution in [0.2, 0.25) is 0 Å². The van der Waals surface area contributed by atoms with E-state index in [1.807, 2.05) is 0 Å². The first kappa shape index (κ1) is 16.9. The van der Waals surface area contributed by atoms with Crippen LogP contribution >= 0.6 is 0 Å². The maximum absolute atomic E-state index is 12.2. The predicted octanol–water partition coefficient (Wildman–Crippen LogP) is 2.98. The summed E-state index contributed by atoms with van der Waals surface area (Å²) in [6.45, 7) is 0.249. The largest absolute Gasteiger partial charge is 0.469 e. The van der Waals surface area contributed by atoms with E-state index in [0.29, 0.717) is 12.2 Å². The van der Waals surface area contributed by atoms with Crippen molar-refractivity contribution >= 4 is 5.91 Å². The van der Waals surface area contributed by atoms with Gasteiger partial charge in [0.1, 0.15) is 11.3 Å². The summed E-state index contributed by atoms with van der Waals surface area (Å²) < 4.78 is 46.5. The summed E-state index contributed by atoms with van der Waals surface area (Å²) in [6, 6.07) is 6.03. The number of hydrogen-bond donors (Lipinski definition) is 1. The Morgan fingerprint density at radius 1 is 1.39 bits per heavy atom. The first-order valence-electron chi connectivity index (χ1n) is 6.83. The van der Waals surface area contributed by atoms with Crippen molar-refractivity contribution in [2.45, 2.75) is 25.6 Å². The van der Waals surface area contributed by atoms with E-state index in [9.17, 15) is 18.0 Å². The number of aromatic nitrogens is 1. The molecule has 23 heavy (non-hydrogen) atoms. The van der Waals surface area contributed by atoms with Crippen LogP contribution in [-0.4, -0.2) is 29.7 Å². The average Bonchev–Trinajstić information content (AvgIpc) is 2.97. The second-order valence-corrected chi connectivity index (χ2v) is 4.92. The third kappa shape index (κ3) is 5.32. The zero-order valence-corrected chi connectivity index (χ0v) is 12.3. The van der Waals surface area contributed by atoms with Crippen molar-refractivity contribution in [3.05, 3.63) is 48.0 Å². The van der Waals surface area contributed by atoms with Gasteiger partial charge in [-0.1, -0.05) is 0 Å². The molecule has 0 spiro atoms. The van der Waals surface area contributed by atoms with Crippen LogP contribution in [0.4, 0.5) is 13.2 Å². The molecule has 124 valence electrons. The van der Waals surface area contributed by atoms with Crippen LogP contribution in [-0.2, 0) is 6.42 Å². The van der Waals surface area contributed by atoms with E-state index in [4.69, 9.17) is 4.42 Å². The maximum Gasteiger partial charge on any atom is 0.422 e. The molecule has 0 unspecified atom stereocenters. The zero-order chi connectivity index (χ0) is 16.9. The number of furan rings is 1. The van der Waals surface area contributed by atoms with Crippen molar-refractivity contribution < 1.29 is 27.1 Å². The standard InChI is InChI=1S/C15H15F3N2O3/c1-10(8-11-4-3-7-22-11)20-13(21)12-5-2-6-19-14(12)23-9-15(16,17)18/h2-7,10H,8-9H2,1H3,(H,20,21)/t10-/m1/s1. The Morgan fingerprint density at radius 2 is 2.17 bits per heavy atom. The molecule has 1 amide bonds. The first-order chi connectivity index (χ1) is 10.8. The number of pyridine rings is 1. The van der Waals surface area contributed by atoms with E-state index < -0.39 is 18.7 Å². The lowest BCUT2D eigenvalue weighted by atomic mass is 10.1. The Kier molecular flexibility index (Phi) is 5.25. The van der Waals surface area contributed by atoms with E-state index in [2.05, 4.69) is 15.0 Å². The SMILES string of the molecule is C[C@H](Cc1ccco1)NC(=O)c1cccnc1OCC(F)(F)F. The smallest absolute Gasteiger partial charge is 0.422 e. The summed E-state index contributed by atoms with van der Waals surface area (Å²) in [5, 5.41) is 2.67.